The van der Waals surface area contributed by atoms with Crippen molar-refractivity contribution in [2.45, 2.75) is 39.5 Å². The second-order valence-electron chi connectivity index (χ2n) is 4.15. The molecule has 0 N–H and O–H groups in total. The highest BCUT2D eigenvalue weighted by atomic mass is 79.9. The third-order valence-electron chi connectivity index (χ3n) is 2.77. The average molecular weight is 283 g/mol. The van der Waals surface area contributed by atoms with E-state index in [2.05, 4.69) is 29.8 Å². The summed E-state index contributed by atoms with van der Waals surface area (Å²) in [7, 11) is 0. The van der Waals surface area contributed by atoms with Crippen LogP contribution in [0.1, 0.15) is 49.9 Å². The minimum Gasteiger partial charge on any atom is -0.294 e. The number of Topliss-reactive ketones (excluding diaryl/α,β-unsaturated/α-hetero) is 1. The van der Waals surface area contributed by atoms with Gasteiger partial charge in [0.25, 0.3) is 0 Å². The molecule has 0 spiro atoms. The molecule has 0 aliphatic carbocycles. The standard InChI is InChI=1S/C14H19BrO/c1-3-5-11(6-4-2)14(16)12-7-9-13(15)10-8-12/h7-11H,3-6H2,1-2H3. The maximum atomic E-state index is 12.2. The lowest BCUT2D eigenvalue weighted by Gasteiger charge is -2.13. The van der Waals surface area contributed by atoms with Gasteiger partial charge < -0.3 is 0 Å². The van der Waals surface area contributed by atoms with Crippen molar-refractivity contribution < 1.29 is 4.79 Å². The van der Waals surface area contributed by atoms with Crippen molar-refractivity contribution in [3.63, 3.8) is 0 Å². The highest BCUT2D eigenvalue weighted by molar-refractivity contribution is 9.10. The Balaban J connectivity index is 2.77. The highest BCUT2D eigenvalue weighted by Gasteiger charge is 2.17. The zero-order valence-corrected chi connectivity index (χ0v) is 11.6. The number of rotatable bonds is 6. The fraction of sp³-hybridized carbons (Fsp3) is 0.500. The third kappa shape index (κ3) is 3.75. The van der Waals surface area contributed by atoms with E-state index in [-0.39, 0.29) is 5.92 Å². The molecule has 0 heterocycles. The van der Waals surface area contributed by atoms with Gasteiger partial charge in [-0.1, -0.05) is 54.8 Å². The van der Waals surface area contributed by atoms with Crippen LogP contribution in [0.3, 0.4) is 0 Å². The van der Waals surface area contributed by atoms with Crippen LogP contribution < -0.4 is 0 Å². The van der Waals surface area contributed by atoms with E-state index in [0.29, 0.717) is 5.78 Å². The summed E-state index contributed by atoms with van der Waals surface area (Å²) in [6, 6.07) is 7.68. The maximum absolute atomic E-state index is 12.2. The summed E-state index contributed by atoms with van der Waals surface area (Å²) < 4.78 is 1.02. The molecule has 2 heteroatoms. The van der Waals surface area contributed by atoms with E-state index >= 15 is 0 Å². The molecule has 1 aromatic carbocycles. The van der Waals surface area contributed by atoms with Gasteiger partial charge in [-0.15, -0.1) is 0 Å². The molecule has 0 bridgehead atoms. The molecule has 1 aromatic rings. The molecule has 1 nitrogen and oxygen atoms in total. The Kier molecular flexibility index (Phi) is 5.75. The SMILES string of the molecule is CCCC(CCC)C(=O)c1ccc(Br)cc1. The van der Waals surface area contributed by atoms with Crippen LogP contribution in [-0.2, 0) is 0 Å². The first kappa shape index (κ1) is 13.4. The Labute approximate surface area is 106 Å². The van der Waals surface area contributed by atoms with Gasteiger partial charge in [0.05, 0.1) is 0 Å². The number of carbonyl (C=O) groups excluding carboxylic acids is 1. The Morgan fingerprint density at radius 1 is 1.12 bits per heavy atom. The first-order chi connectivity index (χ1) is 7.69. The van der Waals surface area contributed by atoms with E-state index in [1.165, 1.54) is 0 Å². The zero-order chi connectivity index (χ0) is 12.0. The van der Waals surface area contributed by atoms with Gasteiger partial charge in [0.1, 0.15) is 0 Å². The first-order valence-electron chi connectivity index (χ1n) is 5.98. The van der Waals surface area contributed by atoms with Crippen LogP contribution in [0.25, 0.3) is 0 Å². The fourth-order valence-electron chi connectivity index (χ4n) is 1.95. The lowest BCUT2D eigenvalue weighted by atomic mass is 9.90. The molecular weight excluding hydrogens is 264 g/mol. The molecule has 0 saturated carbocycles. The minimum atomic E-state index is 0.205. The normalized spacial score (nSPS) is 10.8. The van der Waals surface area contributed by atoms with Crippen LogP contribution in [0, 0.1) is 5.92 Å². The minimum absolute atomic E-state index is 0.205. The van der Waals surface area contributed by atoms with Crippen LogP contribution in [-0.4, -0.2) is 5.78 Å². The molecule has 0 fully saturated rings. The summed E-state index contributed by atoms with van der Waals surface area (Å²) in [6.45, 7) is 4.27. The van der Waals surface area contributed by atoms with E-state index in [0.717, 1.165) is 35.7 Å². The molecule has 0 radical (unpaired) electrons. The molecule has 0 atom stereocenters. The zero-order valence-electron chi connectivity index (χ0n) is 10.0. The molecular formula is C14H19BrO. The van der Waals surface area contributed by atoms with E-state index in [1.807, 2.05) is 24.3 Å². The molecule has 1 rings (SSSR count). The first-order valence-corrected chi connectivity index (χ1v) is 6.78. The number of hydrogen-bond donors (Lipinski definition) is 0. The fourth-order valence-corrected chi connectivity index (χ4v) is 2.22. The number of benzene rings is 1. The predicted octanol–water partition coefficient (Wildman–Crippen LogP) is 4.85. The van der Waals surface area contributed by atoms with Crippen LogP contribution in [0.15, 0.2) is 28.7 Å². The van der Waals surface area contributed by atoms with Gasteiger partial charge in [-0.3, -0.25) is 4.79 Å². The van der Waals surface area contributed by atoms with Crippen LogP contribution in [0.5, 0.6) is 0 Å². The predicted molar refractivity (Wildman–Crippen MR) is 71.8 cm³/mol. The monoisotopic (exact) mass is 282 g/mol. The summed E-state index contributed by atoms with van der Waals surface area (Å²) in [6.07, 6.45) is 4.16. The Morgan fingerprint density at radius 3 is 2.06 bits per heavy atom. The van der Waals surface area contributed by atoms with Gasteiger partial charge in [0, 0.05) is 16.0 Å². The van der Waals surface area contributed by atoms with Gasteiger partial charge in [-0.2, -0.15) is 0 Å². The van der Waals surface area contributed by atoms with Crippen molar-refractivity contribution in [1.29, 1.82) is 0 Å². The van der Waals surface area contributed by atoms with Gasteiger partial charge in [0.15, 0.2) is 5.78 Å². The summed E-state index contributed by atoms with van der Waals surface area (Å²) >= 11 is 3.38. The van der Waals surface area contributed by atoms with Crippen molar-refractivity contribution in [2.24, 2.45) is 5.92 Å². The van der Waals surface area contributed by atoms with Crippen molar-refractivity contribution in [3.05, 3.63) is 34.3 Å². The molecule has 0 saturated heterocycles. The lowest BCUT2D eigenvalue weighted by Crippen LogP contribution is -2.14. The van der Waals surface area contributed by atoms with Gasteiger partial charge in [0.2, 0.25) is 0 Å². The van der Waals surface area contributed by atoms with Crippen LogP contribution in [0.4, 0.5) is 0 Å². The number of halogens is 1. The summed E-state index contributed by atoms with van der Waals surface area (Å²) in [5.41, 5.74) is 0.843. The molecule has 88 valence electrons. The van der Waals surface area contributed by atoms with Crippen LogP contribution in [0.2, 0.25) is 0 Å². The van der Waals surface area contributed by atoms with Crippen molar-refractivity contribution in [1.82, 2.24) is 0 Å². The third-order valence-corrected chi connectivity index (χ3v) is 3.30. The largest absolute Gasteiger partial charge is 0.294 e. The molecule has 0 aliphatic rings. The van der Waals surface area contributed by atoms with E-state index in [9.17, 15) is 4.79 Å². The number of carbonyl (C=O) groups is 1. The quantitative estimate of drug-likeness (QED) is 0.682. The van der Waals surface area contributed by atoms with Gasteiger partial charge in [-0.25, -0.2) is 0 Å². The van der Waals surface area contributed by atoms with Crippen molar-refractivity contribution in [3.8, 4) is 0 Å². The van der Waals surface area contributed by atoms with E-state index in [1.54, 1.807) is 0 Å². The highest BCUT2D eigenvalue weighted by Crippen LogP contribution is 2.20. The molecule has 0 amide bonds. The molecule has 16 heavy (non-hydrogen) atoms. The van der Waals surface area contributed by atoms with Crippen LogP contribution >= 0.6 is 15.9 Å². The molecule has 0 aromatic heterocycles. The molecule has 0 unspecified atom stereocenters. The lowest BCUT2D eigenvalue weighted by molar-refractivity contribution is 0.0905. The second-order valence-corrected chi connectivity index (χ2v) is 5.06. The van der Waals surface area contributed by atoms with Gasteiger partial charge in [-0.05, 0) is 25.0 Å². The summed E-state index contributed by atoms with van der Waals surface area (Å²) in [5.74, 6) is 0.507. The maximum Gasteiger partial charge on any atom is 0.165 e. The number of ketones is 1. The van der Waals surface area contributed by atoms with Gasteiger partial charge >= 0.3 is 0 Å². The van der Waals surface area contributed by atoms with E-state index < -0.39 is 0 Å². The van der Waals surface area contributed by atoms with E-state index in [4.69, 9.17) is 0 Å². The van der Waals surface area contributed by atoms with Crippen molar-refractivity contribution in [2.75, 3.05) is 0 Å². The topological polar surface area (TPSA) is 17.1 Å². The Hall–Kier alpha value is -0.630. The number of hydrogen-bond acceptors (Lipinski definition) is 1. The average Bonchev–Trinajstić information content (AvgIpc) is 2.29. The Morgan fingerprint density at radius 2 is 1.62 bits per heavy atom. The summed E-state index contributed by atoms with van der Waals surface area (Å²) in [5, 5.41) is 0. The second kappa shape index (κ2) is 6.85. The Bertz CT molecular complexity index is 323. The van der Waals surface area contributed by atoms with Crippen molar-refractivity contribution >= 4 is 21.7 Å². The summed E-state index contributed by atoms with van der Waals surface area (Å²) in [4.78, 5) is 12.2. The molecule has 0 aliphatic heterocycles. The smallest absolute Gasteiger partial charge is 0.165 e.